The molecule has 0 heterocycles. The van der Waals surface area contributed by atoms with Crippen molar-refractivity contribution in [1.82, 2.24) is 0 Å². The summed E-state index contributed by atoms with van der Waals surface area (Å²) in [6.07, 6.45) is 13.5. The fourth-order valence-corrected chi connectivity index (χ4v) is 4.66. The van der Waals surface area contributed by atoms with Crippen molar-refractivity contribution in [1.29, 1.82) is 0 Å². The van der Waals surface area contributed by atoms with Crippen LogP contribution >= 0.6 is 0 Å². The number of halogens is 2. The molecule has 146 valence electrons. The van der Waals surface area contributed by atoms with Gasteiger partial charge in [-0.2, -0.15) is 8.78 Å². The number of alkyl halides is 2. The van der Waals surface area contributed by atoms with Crippen molar-refractivity contribution in [2.75, 3.05) is 6.61 Å². The van der Waals surface area contributed by atoms with Gasteiger partial charge < -0.3 is 4.74 Å². The average Bonchev–Trinajstić information content (AvgIpc) is 2.62. The molecular formula is C22H38F2O. The quantitative estimate of drug-likeness (QED) is 0.392. The van der Waals surface area contributed by atoms with Gasteiger partial charge in [-0.3, -0.25) is 0 Å². The van der Waals surface area contributed by atoms with Crippen LogP contribution in [0.5, 0.6) is 0 Å². The first kappa shape index (κ1) is 20.9. The van der Waals surface area contributed by atoms with Crippen molar-refractivity contribution >= 4 is 0 Å². The highest BCUT2D eigenvalue weighted by Crippen LogP contribution is 2.38. The molecule has 25 heavy (non-hydrogen) atoms. The lowest BCUT2D eigenvalue weighted by atomic mass is 9.78. The molecular weight excluding hydrogens is 318 g/mol. The van der Waals surface area contributed by atoms with E-state index in [0.29, 0.717) is 5.92 Å². The van der Waals surface area contributed by atoms with Crippen molar-refractivity contribution in [2.24, 2.45) is 23.7 Å². The van der Waals surface area contributed by atoms with Crippen LogP contribution in [0.1, 0.15) is 90.9 Å². The Bertz CT molecular complexity index is 377. The molecule has 0 N–H and O–H groups in total. The molecule has 0 saturated heterocycles. The third-order valence-electron chi connectivity index (χ3n) is 6.54. The standard InChI is InChI=1S/C22H38F2O/c1-3-5-6-7-19-10-12-20(13-11-19)16-22(23,24)25-17-21-14-8-18(4-2)9-15-21/h3,5,18-21H,4,6-17H2,1-2H3/b5-3+. The predicted molar refractivity (Wildman–Crippen MR) is 101 cm³/mol. The zero-order valence-corrected chi connectivity index (χ0v) is 16.3. The first-order valence-electron chi connectivity index (χ1n) is 10.6. The Balaban J connectivity index is 1.62. The SMILES string of the molecule is C/C=C/CCC1CCC(CC(F)(F)OCC2CCC(CC)CC2)CC1. The van der Waals surface area contributed by atoms with Crippen LogP contribution in [0, 0.1) is 23.7 Å². The Hall–Kier alpha value is -0.440. The summed E-state index contributed by atoms with van der Waals surface area (Å²) in [7, 11) is 0. The Labute approximate surface area is 153 Å². The molecule has 0 aliphatic heterocycles. The molecule has 0 bridgehead atoms. The third-order valence-corrected chi connectivity index (χ3v) is 6.54. The Morgan fingerprint density at radius 2 is 1.44 bits per heavy atom. The zero-order valence-electron chi connectivity index (χ0n) is 16.3. The molecule has 0 aromatic carbocycles. The first-order valence-corrected chi connectivity index (χ1v) is 10.6. The Morgan fingerprint density at radius 1 is 0.880 bits per heavy atom. The molecule has 2 aliphatic rings. The summed E-state index contributed by atoms with van der Waals surface area (Å²) in [6.45, 7) is 4.53. The molecule has 0 unspecified atom stereocenters. The van der Waals surface area contributed by atoms with E-state index in [1.807, 2.05) is 0 Å². The van der Waals surface area contributed by atoms with Gasteiger partial charge in [0.1, 0.15) is 0 Å². The van der Waals surface area contributed by atoms with E-state index in [2.05, 4.69) is 26.0 Å². The van der Waals surface area contributed by atoms with Gasteiger partial charge in [-0.05, 0) is 69.1 Å². The predicted octanol–water partition coefficient (Wildman–Crippen LogP) is 7.37. The van der Waals surface area contributed by atoms with Crippen LogP contribution < -0.4 is 0 Å². The minimum Gasteiger partial charge on any atom is -0.320 e. The Kier molecular flexibility index (Phi) is 8.89. The minimum atomic E-state index is -2.93. The maximum Gasteiger partial charge on any atom is 0.356 e. The second kappa shape index (κ2) is 10.6. The topological polar surface area (TPSA) is 9.23 Å². The summed E-state index contributed by atoms with van der Waals surface area (Å²) in [5.74, 6) is 2.02. The van der Waals surface area contributed by atoms with Crippen LogP contribution in [0.15, 0.2) is 12.2 Å². The number of ether oxygens (including phenoxy) is 1. The van der Waals surface area contributed by atoms with E-state index in [1.54, 1.807) is 0 Å². The van der Waals surface area contributed by atoms with E-state index in [0.717, 1.165) is 56.8 Å². The molecule has 0 amide bonds. The normalized spacial score (nSPS) is 31.5. The van der Waals surface area contributed by atoms with Crippen LogP contribution in [0.4, 0.5) is 8.78 Å². The van der Waals surface area contributed by atoms with Gasteiger partial charge in [0.15, 0.2) is 0 Å². The van der Waals surface area contributed by atoms with E-state index in [-0.39, 0.29) is 18.9 Å². The molecule has 0 spiro atoms. The average molecular weight is 357 g/mol. The van der Waals surface area contributed by atoms with Crippen molar-refractivity contribution < 1.29 is 13.5 Å². The van der Waals surface area contributed by atoms with E-state index < -0.39 is 6.11 Å². The molecule has 3 heteroatoms. The molecule has 2 saturated carbocycles. The first-order chi connectivity index (χ1) is 12.0. The van der Waals surface area contributed by atoms with E-state index in [9.17, 15) is 8.78 Å². The van der Waals surface area contributed by atoms with Crippen molar-refractivity contribution in [3.05, 3.63) is 12.2 Å². The van der Waals surface area contributed by atoms with Crippen LogP contribution in [0.2, 0.25) is 0 Å². The Morgan fingerprint density at radius 3 is 2.04 bits per heavy atom. The molecule has 2 aliphatic carbocycles. The highest BCUT2D eigenvalue weighted by molar-refractivity contribution is 4.81. The minimum absolute atomic E-state index is 0.0705. The van der Waals surface area contributed by atoms with E-state index in [1.165, 1.54) is 25.7 Å². The van der Waals surface area contributed by atoms with Crippen molar-refractivity contribution in [3.63, 3.8) is 0 Å². The molecule has 1 nitrogen and oxygen atoms in total. The van der Waals surface area contributed by atoms with E-state index in [4.69, 9.17) is 4.74 Å². The van der Waals surface area contributed by atoms with Crippen LogP contribution in [-0.2, 0) is 4.74 Å². The van der Waals surface area contributed by atoms with Gasteiger partial charge in [-0.1, -0.05) is 51.2 Å². The lowest BCUT2D eigenvalue weighted by Gasteiger charge is -2.32. The van der Waals surface area contributed by atoms with Gasteiger partial charge in [-0.25, -0.2) is 0 Å². The number of hydrogen-bond donors (Lipinski definition) is 0. The summed E-state index contributed by atoms with van der Waals surface area (Å²) in [5.41, 5.74) is 0. The second-order valence-corrected chi connectivity index (χ2v) is 8.48. The van der Waals surface area contributed by atoms with Crippen molar-refractivity contribution in [3.8, 4) is 0 Å². The van der Waals surface area contributed by atoms with Gasteiger partial charge in [0, 0.05) is 6.42 Å². The van der Waals surface area contributed by atoms with Crippen LogP contribution in [-0.4, -0.2) is 12.7 Å². The van der Waals surface area contributed by atoms with Gasteiger partial charge in [-0.15, -0.1) is 0 Å². The molecule has 0 atom stereocenters. The fourth-order valence-electron chi connectivity index (χ4n) is 4.66. The second-order valence-electron chi connectivity index (χ2n) is 8.48. The highest BCUT2D eigenvalue weighted by atomic mass is 19.3. The molecule has 2 rings (SSSR count). The molecule has 0 aromatic heterocycles. The van der Waals surface area contributed by atoms with Gasteiger partial charge >= 0.3 is 6.11 Å². The molecule has 0 aromatic rings. The van der Waals surface area contributed by atoms with Crippen LogP contribution in [0.25, 0.3) is 0 Å². The summed E-state index contributed by atoms with van der Waals surface area (Å²) >= 11 is 0. The molecule has 0 radical (unpaired) electrons. The summed E-state index contributed by atoms with van der Waals surface area (Å²) in [4.78, 5) is 0. The van der Waals surface area contributed by atoms with Crippen LogP contribution in [0.3, 0.4) is 0 Å². The number of hydrogen-bond acceptors (Lipinski definition) is 1. The smallest absolute Gasteiger partial charge is 0.320 e. The number of rotatable bonds is 9. The maximum atomic E-state index is 14.2. The summed E-state index contributed by atoms with van der Waals surface area (Å²) in [5, 5.41) is 0. The summed E-state index contributed by atoms with van der Waals surface area (Å²) in [6, 6.07) is 0. The largest absolute Gasteiger partial charge is 0.356 e. The monoisotopic (exact) mass is 356 g/mol. The maximum absolute atomic E-state index is 14.2. The highest BCUT2D eigenvalue weighted by Gasteiger charge is 2.36. The van der Waals surface area contributed by atoms with Crippen molar-refractivity contribution in [2.45, 2.75) is 97.0 Å². The number of allylic oxidation sites excluding steroid dienone is 2. The third kappa shape index (κ3) is 7.76. The van der Waals surface area contributed by atoms with Gasteiger partial charge in [0.2, 0.25) is 0 Å². The van der Waals surface area contributed by atoms with Gasteiger partial charge in [0.25, 0.3) is 0 Å². The summed E-state index contributed by atoms with van der Waals surface area (Å²) < 4.78 is 33.5. The zero-order chi connectivity index (χ0) is 18.1. The lowest BCUT2D eigenvalue weighted by molar-refractivity contribution is -0.256. The fraction of sp³-hybridized carbons (Fsp3) is 0.909. The lowest BCUT2D eigenvalue weighted by Crippen LogP contribution is -2.30. The molecule has 2 fully saturated rings. The van der Waals surface area contributed by atoms with Gasteiger partial charge in [0.05, 0.1) is 6.61 Å². The van der Waals surface area contributed by atoms with E-state index >= 15 is 0 Å².